The van der Waals surface area contributed by atoms with Gasteiger partial charge in [0.25, 0.3) is 45.5 Å². The summed E-state index contributed by atoms with van der Waals surface area (Å²) in [6.07, 6.45) is 0. The molecule has 0 heterocycles. The Morgan fingerprint density at radius 1 is 0.207 bits per heavy atom. The van der Waals surface area contributed by atoms with Crippen molar-refractivity contribution in [3.63, 3.8) is 0 Å². The summed E-state index contributed by atoms with van der Waals surface area (Å²) in [6, 6.07) is 44.8. The second kappa shape index (κ2) is 43.6. The molecule has 0 bridgehead atoms. The van der Waals surface area contributed by atoms with Gasteiger partial charge in [0, 0.05) is 37.6 Å². The minimum absolute atomic E-state index is 0.00460. The van der Waals surface area contributed by atoms with Crippen molar-refractivity contribution in [3.05, 3.63) is 440 Å². The molecule has 664 valence electrons. The molecule has 0 radical (unpaired) electrons. The molecule has 0 aromatic heterocycles. The second-order valence-corrected chi connectivity index (χ2v) is 26.9. The van der Waals surface area contributed by atoms with Crippen LogP contribution in [0.4, 0.5) is 111 Å². The van der Waals surface area contributed by atoms with Gasteiger partial charge in [0.1, 0.15) is 53.6 Å². The van der Waals surface area contributed by atoms with E-state index in [4.69, 9.17) is 68.4 Å². The van der Waals surface area contributed by atoms with Crippen LogP contribution in [0, 0.1) is 305 Å². The predicted octanol–water partition coefficient (Wildman–Crippen LogP) is 19.0. The van der Waals surface area contributed by atoms with Crippen molar-refractivity contribution in [2.75, 3.05) is 0 Å². The fourth-order valence-corrected chi connectivity index (χ4v) is 13.1. The van der Waals surface area contributed by atoms with E-state index >= 15 is 0 Å². The molecule has 0 saturated heterocycles. The average molecular weight is 1890 g/mol. The van der Waals surface area contributed by atoms with E-state index in [9.17, 15) is 135 Å². The van der Waals surface area contributed by atoms with Gasteiger partial charge in [-0.15, -0.1) is 0 Å². The lowest BCUT2D eigenvalue weighted by Crippen LogP contribution is -2.18. The van der Waals surface area contributed by atoms with Crippen molar-refractivity contribution < 1.29 is 87.8 Å². The molecule has 140 heavy (non-hydrogen) atoms. The Hall–Kier alpha value is -22.0. The lowest BCUT2D eigenvalue weighted by atomic mass is 9.94. The van der Waals surface area contributed by atoms with Gasteiger partial charge in [-0.2, -0.15) is 42.1 Å². The summed E-state index contributed by atoms with van der Waals surface area (Å²) in [6.45, 7) is 55.4. The zero-order valence-corrected chi connectivity index (χ0v) is 68.4. The quantitative estimate of drug-likeness (QED) is 0.0778. The maximum absolute atomic E-state index is 14.9. The van der Waals surface area contributed by atoms with E-state index in [1.807, 2.05) is 0 Å². The fraction of sp³-hybridized carbons (Fsp3) is 0. The van der Waals surface area contributed by atoms with Crippen LogP contribution in [0.3, 0.4) is 0 Å². The molecule has 0 spiro atoms. The Morgan fingerprint density at radius 3 is 0.686 bits per heavy atom. The van der Waals surface area contributed by atoms with Gasteiger partial charge in [0.05, 0.1) is 162 Å². The van der Waals surface area contributed by atoms with Crippen LogP contribution in [0.25, 0.3) is 128 Å². The highest BCUT2D eigenvalue weighted by molar-refractivity contribution is 5.89. The molecule has 0 atom stereocenters. The Kier molecular flexibility index (Phi) is 31.7. The predicted molar refractivity (Wildman–Crippen MR) is 448 cm³/mol. The number of halogens is 20. The fourth-order valence-electron chi connectivity index (χ4n) is 13.1. The highest BCUT2D eigenvalue weighted by atomic mass is 19.2. The van der Waals surface area contributed by atoms with Gasteiger partial charge >= 0.3 is 0 Å². The molecule has 40 heteroatoms. The van der Waals surface area contributed by atoms with Crippen LogP contribution in [0.15, 0.2) is 146 Å². The number of rotatable bonds is 8. The summed E-state index contributed by atoms with van der Waals surface area (Å²) in [7, 11) is 0. The number of hydrogen-bond acceptors (Lipinski definition) is 12. The minimum Gasteiger partial charge on any atom is -0.232 e. The first-order valence-corrected chi connectivity index (χ1v) is 36.9. The minimum atomic E-state index is -2.02. The highest BCUT2D eigenvalue weighted by Crippen LogP contribution is 2.40. The van der Waals surface area contributed by atoms with E-state index in [-0.39, 0.29) is 92.9 Å². The number of nitriles is 12. The van der Waals surface area contributed by atoms with E-state index < -0.39 is 222 Å². The van der Waals surface area contributed by atoms with Crippen molar-refractivity contribution >= 4 is 67.8 Å². The molecule has 0 saturated carbocycles. The van der Waals surface area contributed by atoms with Crippen molar-refractivity contribution in [1.29, 1.82) is 63.1 Å². The van der Waals surface area contributed by atoms with Gasteiger partial charge in [-0.3, -0.25) is 0 Å². The van der Waals surface area contributed by atoms with Crippen LogP contribution in [0.5, 0.6) is 0 Å². The molecule has 0 amide bonds. The summed E-state index contributed by atoms with van der Waals surface area (Å²) < 4.78 is 291. The molecule has 0 aliphatic heterocycles. The van der Waals surface area contributed by atoms with Gasteiger partial charge in [0.2, 0.25) is 0 Å². The molecule has 12 aromatic rings. The molecule has 0 fully saturated rings. The van der Waals surface area contributed by atoms with Crippen molar-refractivity contribution in [2.24, 2.45) is 0 Å². The Morgan fingerprint density at radius 2 is 0.457 bits per heavy atom. The van der Waals surface area contributed by atoms with Gasteiger partial charge in [-0.05, 0) is 103 Å². The molecule has 12 rings (SSSR count). The summed E-state index contributed by atoms with van der Waals surface area (Å²) >= 11 is 0. The summed E-state index contributed by atoms with van der Waals surface area (Å²) in [5.74, 6) is -36.1. The van der Waals surface area contributed by atoms with Crippen molar-refractivity contribution in [1.82, 2.24) is 0 Å². The third-order valence-corrected chi connectivity index (χ3v) is 19.5. The Labute approximate surface area is 772 Å². The zero-order chi connectivity index (χ0) is 103. The first kappa shape index (κ1) is 102. The van der Waals surface area contributed by atoms with Gasteiger partial charge in [-0.1, -0.05) is 91.0 Å². The summed E-state index contributed by atoms with van der Waals surface area (Å²) in [5, 5.41) is 110. The molecule has 12 aromatic carbocycles. The van der Waals surface area contributed by atoms with Gasteiger partial charge < -0.3 is 0 Å². The molecule has 0 unspecified atom stereocenters. The average Bonchev–Trinajstić information content (AvgIpc) is 0.840. The van der Waals surface area contributed by atoms with Crippen molar-refractivity contribution in [2.45, 2.75) is 0 Å². The van der Waals surface area contributed by atoms with E-state index in [1.165, 1.54) is 42.5 Å². The Bertz CT molecular complexity index is 8690. The molecular weight excluding hydrogens is 1860 g/mol. The molecule has 0 aliphatic rings. The van der Waals surface area contributed by atoms with Crippen LogP contribution >= 0.6 is 0 Å². The highest BCUT2D eigenvalue weighted by Gasteiger charge is 2.34. The third-order valence-electron chi connectivity index (χ3n) is 19.5. The SMILES string of the molecule is [C-]#[N+]/C(C#N)=c1\cc/c(=C(/C#N)c2c(F)c(F)c([N+]#[C-])c(F)c2F)c(-c2cc(C#N)ccc2F)c1.[C-]#[N+]/C(C#N)=c1\cc/c(=C(/C#N)c2c(F)c(F)c([N+]#[C-])c(F)c2F)c(-c2ccc(C#N)c(F)c2)c1.[C-]#[N+]/C(C#N)=c1\cc/c(=C(/C#N)c2c(F)c(F)c([N+]#[C-])c(F)c2F)c(-c2ccc(C#N)cc2F)c1.[C-]#[N+]/C(C#N)=c1\cc/c(=C(/C#N)c2c(F)c(F)c([N+]#[C-])c(F)c2F)c(-c2ccc(C#N)cc2F)c1. The number of benzene rings is 12. The van der Waals surface area contributed by atoms with E-state index in [0.29, 0.717) is 0 Å². The molecular formula is C100H24F20N20. The second-order valence-electron chi connectivity index (χ2n) is 26.9. The van der Waals surface area contributed by atoms with Crippen LogP contribution in [-0.4, -0.2) is 0 Å². The lowest BCUT2D eigenvalue weighted by molar-refractivity contribution is 0.457. The zero-order valence-electron chi connectivity index (χ0n) is 68.4. The van der Waals surface area contributed by atoms with Crippen LogP contribution in [0.2, 0.25) is 0 Å². The van der Waals surface area contributed by atoms with Gasteiger partial charge in [0.15, 0.2) is 93.1 Å². The van der Waals surface area contributed by atoms with E-state index in [2.05, 4.69) is 38.8 Å². The summed E-state index contributed by atoms with van der Waals surface area (Å²) in [5.41, 5.74) is -19.7. The van der Waals surface area contributed by atoms with E-state index in [1.54, 1.807) is 48.6 Å². The Balaban J connectivity index is 0.000000209. The first-order valence-electron chi connectivity index (χ1n) is 36.9. The van der Waals surface area contributed by atoms with Crippen LogP contribution in [0.1, 0.15) is 44.5 Å². The van der Waals surface area contributed by atoms with Crippen molar-refractivity contribution in [3.8, 4) is 117 Å². The van der Waals surface area contributed by atoms with Crippen LogP contribution < -0.4 is 41.7 Å². The number of nitrogens with zero attached hydrogens (tertiary/aromatic N) is 20. The molecule has 0 N–H and O–H groups in total. The van der Waals surface area contributed by atoms with E-state index in [0.717, 1.165) is 127 Å². The number of hydrogen-bond donors (Lipinski definition) is 0. The van der Waals surface area contributed by atoms with Crippen LogP contribution in [-0.2, 0) is 0 Å². The summed E-state index contributed by atoms with van der Waals surface area (Å²) in [4.78, 5) is 21.8. The molecule has 20 nitrogen and oxygen atoms in total. The molecule has 0 aliphatic carbocycles. The maximum atomic E-state index is 14.9. The topological polar surface area (TPSA) is 320 Å². The smallest absolute Gasteiger partial charge is 0.232 e. The first-order chi connectivity index (χ1) is 66.9. The standard InChI is InChI=1S/4C25H6F5N5/c1-34-19(11-33)13-4-5-14(15(8-13)16-7-12(9-31)3-6-18(16)26)17(10-32)20-21(27)23(29)25(35-2)24(30)22(20)28;2*1-34-19(11-33)13-4-6-14(16(8-13)15-5-3-12(9-31)7-18(15)26)17(10-32)20-21(27)23(29)25(35-2)24(30)22(20)28;1-34-19(11-33)13-5-6-15(16(7-13)12-3-4-14(9-31)18(26)8-12)17(10-32)20-21(27)23(29)25(35-2)24(30)22(20)28/h4*3-8H/b3*17-14+,19-13+;17-15+,19-13+. The lowest BCUT2D eigenvalue weighted by Gasteiger charge is -2.11. The normalized spacial score (nSPS) is 11.8. The van der Waals surface area contributed by atoms with Gasteiger partial charge in [-0.25, -0.2) is 148 Å². The largest absolute Gasteiger partial charge is 0.268 e. The third kappa shape index (κ3) is 19.3. The maximum Gasteiger partial charge on any atom is 0.268 e. The monoisotopic (exact) mass is 1880 g/mol.